The van der Waals surface area contributed by atoms with Crippen LogP contribution >= 0.6 is 0 Å². The number of carbonyl (C=O) groups excluding carboxylic acids is 1. The molecule has 3 rings (SSSR count). The molecule has 118 valence electrons. The van der Waals surface area contributed by atoms with Crippen LogP contribution in [0.4, 0.5) is 10.5 Å². The van der Waals surface area contributed by atoms with Gasteiger partial charge in [-0.2, -0.15) is 5.10 Å². The van der Waals surface area contributed by atoms with E-state index in [1.54, 1.807) is 10.9 Å². The van der Waals surface area contributed by atoms with Crippen LogP contribution in [-0.4, -0.2) is 27.3 Å². The highest BCUT2D eigenvalue weighted by atomic mass is 16.2. The number of hydrogen-bond acceptors (Lipinski definition) is 3. The molecule has 0 aliphatic rings. The highest BCUT2D eigenvalue weighted by Gasteiger charge is 2.08. The molecule has 0 aliphatic heterocycles. The molecule has 6 nitrogen and oxygen atoms in total. The predicted octanol–water partition coefficient (Wildman–Crippen LogP) is 2.82. The number of aromatic nitrogens is 3. The van der Waals surface area contributed by atoms with E-state index in [4.69, 9.17) is 0 Å². The van der Waals surface area contributed by atoms with Gasteiger partial charge in [0.2, 0.25) is 0 Å². The summed E-state index contributed by atoms with van der Waals surface area (Å²) in [7, 11) is 0. The number of para-hydroxylation sites is 1. The van der Waals surface area contributed by atoms with Gasteiger partial charge in [-0.15, -0.1) is 0 Å². The summed E-state index contributed by atoms with van der Waals surface area (Å²) in [5, 5.41) is 10.8. The second-order valence-corrected chi connectivity index (χ2v) is 5.18. The number of aryl methyl sites for hydroxylation is 1. The summed E-state index contributed by atoms with van der Waals surface area (Å²) in [5.74, 6) is 0. The number of fused-ring (bicyclic) bond motifs is 1. The van der Waals surface area contributed by atoms with Crippen molar-refractivity contribution in [1.82, 2.24) is 20.1 Å². The number of urea groups is 1. The molecule has 1 aromatic carbocycles. The van der Waals surface area contributed by atoms with Gasteiger partial charge in [0.1, 0.15) is 0 Å². The lowest BCUT2D eigenvalue weighted by Gasteiger charge is -2.11. The number of pyridine rings is 1. The molecule has 0 saturated heterocycles. The Labute approximate surface area is 134 Å². The number of nitrogens with zero attached hydrogens (tertiary/aromatic N) is 3. The number of anilines is 1. The minimum absolute atomic E-state index is 0.226. The van der Waals surface area contributed by atoms with E-state index in [0.29, 0.717) is 13.1 Å². The summed E-state index contributed by atoms with van der Waals surface area (Å²) in [6, 6.07) is 11.4. The van der Waals surface area contributed by atoms with Crippen LogP contribution in [0, 0.1) is 0 Å². The molecule has 0 spiro atoms. The van der Waals surface area contributed by atoms with Crippen LogP contribution < -0.4 is 10.6 Å². The normalized spacial score (nSPS) is 10.7. The van der Waals surface area contributed by atoms with E-state index < -0.39 is 0 Å². The Bertz CT molecular complexity index is 798. The molecule has 0 fully saturated rings. The monoisotopic (exact) mass is 309 g/mol. The topological polar surface area (TPSA) is 71.8 Å². The minimum atomic E-state index is -0.226. The molecule has 2 aromatic heterocycles. The Morgan fingerprint density at radius 3 is 2.91 bits per heavy atom. The Balaban J connectivity index is 1.69. The van der Waals surface area contributed by atoms with Gasteiger partial charge in [-0.25, -0.2) is 4.79 Å². The van der Waals surface area contributed by atoms with E-state index in [2.05, 4.69) is 20.7 Å². The number of benzene rings is 1. The predicted molar refractivity (Wildman–Crippen MR) is 90.4 cm³/mol. The third-order valence-corrected chi connectivity index (χ3v) is 3.57. The molecule has 0 aliphatic carbocycles. The molecule has 2 N–H and O–H groups in total. The molecule has 6 heteroatoms. The van der Waals surface area contributed by atoms with E-state index in [1.165, 1.54) is 0 Å². The first-order valence-corrected chi connectivity index (χ1v) is 7.67. The van der Waals surface area contributed by atoms with Crippen LogP contribution in [0.15, 0.2) is 48.8 Å². The lowest BCUT2D eigenvalue weighted by molar-refractivity contribution is 0.251. The lowest BCUT2D eigenvalue weighted by atomic mass is 10.1. The summed E-state index contributed by atoms with van der Waals surface area (Å²) in [5.41, 5.74) is 2.62. The molecule has 23 heavy (non-hydrogen) atoms. The Kier molecular flexibility index (Phi) is 4.52. The SMILES string of the molecule is CCc1cc(NC(=O)NCCn2cccn2)c2ccccc2n1. The molecule has 0 radical (unpaired) electrons. The van der Waals surface area contributed by atoms with Crippen LogP contribution in [0.1, 0.15) is 12.6 Å². The van der Waals surface area contributed by atoms with Gasteiger partial charge in [-0.1, -0.05) is 25.1 Å². The second-order valence-electron chi connectivity index (χ2n) is 5.18. The van der Waals surface area contributed by atoms with E-state index in [1.807, 2.05) is 49.5 Å². The Morgan fingerprint density at radius 2 is 2.13 bits per heavy atom. The molecule has 0 saturated carbocycles. The summed E-state index contributed by atoms with van der Waals surface area (Å²) >= 11 is 0. The van der Waals surface area contributed by atoms with Gasteiger partial charge in [0, 0.05) is 30.0 Å². The van der Waals surface area contributed by atoms with Gasteiger partial charge in [-0.3, -0.25) is 9.67 Å². The smallest absolute Gasteiger partial charge is 0.319 e. The minimum Gasteiger partial charge on any atom is -0.336 e. The fourth-order valence-corrected chi connectivity index (χ4v) is 2.40. The molecule has 2 heterocycles. The Morgan fingerprint density at radius 1 is 1.26 bits per heavy atom. The van der Waals surface area contributed by atoms with Crippen LogP contribution in [0.3, 0.4) is 0 Å². The Hall–Kier alpha value is -2.89. The maximum absolute atomic E-state index is 12.1. The van der Waals surface area contributed by atoms with E-state index in [9.17, 15) is 4.79 Å². The maximum atomic E-state index is 12.1. The number of amides is 2. The van der Waals surface area contributed by atoms with Crippen molar-refractivity contribution in [3.05, 3.63) is 54.5 Å². The van der Waals surface area contributed by atoms with Crippen molar-refractivity contribution in [2.75, 3.05) is 11.9 Å². The molecule has 2 amide bonds. The van der Waals surface area contributed by atoms with Crippen molar-refractivity contribution in [2.45, 2.75) is 19.9 Å². The first-order chi connectivity index (χ1) is 11.3. The zero-order chi connectivity index (χ0) is 16.1. The van der Waals surface area contributed by atoms with Crippen LogP contribution in [0.25, 0.3) is 10.9 Å². The van der Waals surface area contributed by atoms with Crippen molar-refractivity contribution in [1.29, 1.82) is 0 Å². The highest BCUT2D eigenvalue weighted by Crippen LogP contribution is 2.23. The summed E-state index contributed by atoms with van der Waals surface area (Å²) < 4.78 is 1.78. The fourth-order valence-electron chi connectivity index (χ4n) is 2.40. The maximum Gasteiger partial charge on any atom is 0.319 e. The van der Waals surface area contributed by atoms with Crippen molar-refractivity contribution in [3.63, 3.8) is 0 Å². The van der Waals surface area contributed by atoms with Crippen LogP contribution in [0.5, 0.6) is 0 Å². The molecule has 3 aromatic rings. The molecule has 0 bridgehead atoms. The largest absolute Gasteiger partial charge is 0.336 e. The highest BCUT2D eigenvalue weighted by molar-refractivity contribution is 6.00. The number of nitrogens with one attached hydrogen (secondary N) is 2. The molecule has 0 unspecified atom stereocenters. The summed E-state index contributed by atoms with van der Waals surface area (Å²) in [6.07, 6.45) is 4.40. The van der Waals surface area contributed by atoms with E-state index in [-0.39, 0.29) is 6.03 Å². The van der Waals surface area contributed by atoms with E-state index in [0.717, 1.165) is 28.7 Å². The zero-order valence-electron chi connectivity index (χ0n) is 13.0. The average Bonchev–Trinajstić information content (AvgIpc) is 3.08. The van der Waals surface area contributed by atoms with Gasteiger partial charge < -0.3 is 10.6 Å². The van der Waals surface area contributed by atoms with Crippen LogP contribution in [0.2, 0.25) is 0 Å². The number of rotatable bonds is 5. The van der Waals surface area contributed by atoms with Gasteiger partial charge in [-0.05, 0) is 24.6 Å². The van der Waals surface area contributed by atoms with E-state index >= 15 is 0 Å². The molecular formula is C17H19N5O. The third-order valence-electron chi connectivity index (χ3n) is 3.57. The zero-order valence-corrected chi connectivity index (χ0v) is 13.0. The third kappa shape index (κ3) is 3.66. The molecule has 0 atom stereocenters. The molecular weight excluding hydrogens is 290 g/mol. The fraction of sp³-hybridized carbons (Fsp3) is 0.235. The average molecular weight is 309 g/mol. The summed E-state index contributed by atoms with van der Waals surface area (Å²) in [6.45, 7) is 3.19. The number of carbonyl (C=O) groups is 1. The first-order valence-electron chi connectivity index (χ1n) is 7.67. The van der Waals surface area contributed by atoms with Gasteiger partial charge in [0.25, 0.3) is 0 Å². The van der Waals surface area contributed by atoms with Gasteiger partial charge >= 0.3 is 6.03 Å². The first kappa shape index (κ1) is 15.0. The van der Waals surface area contributed by atoms with Crippen molar-refractivity contribution in [3.8, 4) is 0 Å². The quantitative estimate of drug-likeness (QED) is 0.761. The van der Waals surface area contributed by atoms with Gasteiger partial charge in [0.15, 0.2) is 0 Å². The second kappa shape index (κ2) is 6.91. The van der Waals surface area contributed by atoms with Gasteiger partial charge in [0.05, 0.1) is 17.7 Å². The van der Waals surface area contributed by atoms with Crippen molar-refractivity contribution < 1.29 is 4.79 Å². The standard InChI is InChI=1S/C17H19N5O/c1-2-13-12-16(14-6-3-4-7-15(14)20-13)21-17(23)18-9-11-22-10-5-8-19-22/h3-8,10,12H,2,9,11H2,1H3,(H2,18,20,21,23). The number of hydrogen-bond donors (Lipinski definition) is 2. The van der Waals surface area contributed by atoms with Crippen molar-refractivity contribution in [2.24, 2.45) is 0 Å². The van der Waals surface area contributed by atoms with Crippen molar-refractivity contribution >= 4 is 22.6 Å². The van der Waals surface area contributed by atoms with Crippen LogP contribution in [-0.2, 0) is 13.0 Å². The summed E-state index contributed by atoms with van der Waals surface area (Å²) in [4.78, 5) is 16.7. The lowest BCUT2D eigenvalue weighted by Crippen LogP contribution is -2.31.